The van der Waals surface area contributed by atoms with E-state index in [1.807, 2.05) is 0 Å². The van der Waals surface area contributed by atoms with Crippen molar-refractivity contribution < 1.29 is 0 Å². The number of hydrogen-bond acceptors (Lipinski definition) is 0. The molecule has 1 fully saturated rings. The van der Waals surface area contributed by atoms with Crippen LogP contribution in [0.15, 0.2) is 24.3 Å². The summed E-state index contributed by atoms with van der Waals surface area (Å²) in [5, 5.41) is 0. The van der Waals surface area contributed by atoms with E-state index in [0.29, 0.717) is 5.41 Å². The Balaban J connectivity index is 2.33. The van der Waals surface area contributed by atoms with Crippen molar-refractivity contribution in [3.63, 3.8) is 0 Å². The molecule has 1 aromatic carbocycles. The highest BCUT2D eigenvalue weighted by molar-refractivity contribution is 5.29. The van der Waals surface area contributed by atoms with Crippen LogP contribution in [0.25, 0.3) is 0 Å². The van der Waals surface area contributed by atoms with Crippen LogP contribution in [-0.4, -0.2) is 0 Å². The van der Waals surface area contributed by atoms with Gasteiger partial charge in [0.1, 0.15) is 0 Å². The Labute approximate surface area is 81.0 Å². The Kier molecular flexibility index (Phi) is 2.15. The average molecular weight is 174 g/mol. The molecule has 0 spiro atoms. The maximum Gasteiger partial charge on any atom is -0.00752 e. The van der Waals surface area contributed by atoms with Crippen molar-refractivity contribution in [1.82, 2.24) is 0 Å². The minimum absolute atomic E-state index is 0.478. The summed E-state index contributed by atoms with van der Waals surface area (Å²) in [6.07, 6.45) is 5.56. The van der Waals surface area contributed by atoms with Crippen molar-refractivity contribution in [3.8, 4) is 0 Å². The molecule has 2 rings (SSSR count). The van der Waals surface area contributed by atoms with E-state index in [1.54, 1.807) is 5.56 Å². The lowest BCUT2D eigenvalue weighted by atomic mass is 9.80. The molecular weight excluding hydrogens is 156 g/mol. The molecule has 1 aromatic rings. The first-order valence-corrected chi connectivity index (χ1v) is 5.28. The third-order valence-electron chi connectivity index (χ3n) is 3.42. The smallest absolute Gasteiger partial charge is 0.00752 e. The largest absolute Gasteiger partial charge is 0.0617 e. The van der Waals surface area contributed by atoms with Crippen LogP contribution in [0.2, 0.25) is 0 Å². The summed E-state index contributed by atoms with van der Waals surface area (Å²) < 4.78 is 0. The number of benzene rings is 1. The molecule has 0 atom stereocenters. The van der Waals surface area contributed by atoms with E-state index in [4.69, 9.17) is 0 Å². The van der Waals surface area contributed by atoms with Crippen LogP contribution in [0.1, 0.15) is 43.7 Å². The molecule has 70 valence electrons. The Morgan fingerprint density at radius 1 is 1.15 bits per heavy atom. The van der Waals surface area contributed by atoms with Crippen LogP contribution in [0.5, 0.6) is 0 Å². The van der Waals surface area contributed by atoms with Gasteiger partial charge < -0.3 is 0 Å². The Morgan fingerprint density at radius 3 is 2.46 bits per heavy atom. The van der Waals surface area contributed by atoms with Gasteiger partial charge in [0.2, 0.25) is 0 Å². The normalized spacial score (nSPS) is 20.5. The molecule has 0 nitrogen and oxygen atoms in total. The van der Waals surface area contributed by atoms with Gasteiger partial charge >= 0.3 is 0 Å². The van der Waals surface area contributed by atoms with Gasteiger partial charge in [0.15, 0.2) is 0 Å². The Morgan fingerprint density at radius 2 is 1.85 bits per heavy atom. The van der Waals surface area contributed by atoms with E-state index in [2.05, 4.69) is 38.1 Å². The maximum atomic E-state index is 2.41. The Bertz CT molecular complexity index is 293. The second-order valence-electron chi connectivity index (χ2n) is 4.64. The second-order valence-corrected chi connectivity index (χ2v) is 4.64. The first-order chi connectivity index (χ1) is 6.21. The molecule has 0 N–H and O–H groups in total. The number of rotatable bonds is 1. The predicted octanol–water partition coefficient (Wildman–Crippen LogP) is 3.83. The molecule has 0 bridgehead atoms. The van der Waals surface area contributed by atoms with Crippen LogP contribution in [0.4, 0.5) is 0 Å². The summed E-state index contributed by atoms with van der Waals surface area (Å²) in [6, 6.07) is 9.01. The fourth-order valence-corrected chi connectivity index (χ4v) is 2.46. The lowest BCUT2D eigenvalue weighted by molar-refractivity contribution is 0.491. The summed E-state index contributed by atoms with van der Waals surface area (Å²) in [7, 11) is 0. The Hall–Kier alpha value is -0.780. The zero-order valence-electron chi connectivity index (χ0n) is 8.64. The van der Waals surface area contributed by atoms with Crippen LogP contribution in [-0.2, 0) is 5.41 Å². The first-order valence-electron chi connectivity index (χ1n) is 5.28. The molecule has 1 aliphatic carbocycles. The van der Waals surface area contributed by atoms with Gasteiger partial charge in [-0.3, -0.25) is 0 Å². The molecular formula is C13H18. The minimum atomic E-state index is 0.478. The monoisotopic (exact) mass is 174 g/mol. The lowest BCUT2D eigenvalue weighted by Gasteiger charge is -2.24. The van der Waals surface area contributed by atoms with Gasteiger partial charge in [-0.15, -0.1) is 0 Å². The van der Waals surface area contributed by atoms with Gasteiger partial charge in [-0.05, 0) is 30.7 Å². The molecule has 1 saturated carbocycles. The zero-order valence-corrected chi connectivity index (χ0v) is 8.64. The van der Waals surface area contributed by atoms with Gasteiger partial charge in [0.05, 0.1) is 0 Å². The number of hydrogen-bond donors (Lipinski definition) is 0. The summed E-state index contributed by atoms with van der Waals surface area (Å²) in [5.74, 6) is 0. The molecule has 0 radical (unpaired) electrons. The van der Waals surface area contributed by atoms with Crippen molar-refractivity contribution in [2.75, 3.05) is 0 Å². The van der Waals surface area contributed by atoms with E-state index in [-0.39, 0.29) is 0 Å². The van der Waals surface area contributed by atoms with Crippen molar-refractivity contribution in [2.45, 2.75) is 44.9 Å². The molecule has 0 unspecified atom stereocenters. The lowest BCUT2D eigenvalue weighted by Crippen LogP contribution is -2.16. The third kappa shape index (κ3) is 1.63. The molecule has 0 heterocycles. The van der Waals surface area contributed by atoms with E-state index < -0.39 is 0 Å². The molecule has 1 aliphatic rings. The highest BCUT2D eigenvalue weighted by Crippen LogP contribution is 2.40. The fraction of sp³-hybridized carbons (Fsp3) is 0.538. The molecule has 0 amide bonds. The third-order valence-corrected chi connectivity index (χ3v) is 3.42. The fourth-order valence-electron chi connectivity index (χ4n) is 2.46. The first kappa shape index (κ1) is 8.80. The van der Waals surface area contributed by atoms with E-state index >= 15 is 0 Å². The molecule has 0 aliphatic heterocycles. The summed E-state index contributed by atoms with van der Waals surface area (Å²) >= 11 is 0. The standard InChI is InChI=1S/C13H18/c1-11-6-5-7-12(10-11)13(2)8-3-4-9-13/h5-7,10H,3-4,8-9H2,1-2H3. The second kappa shape index (κ2) is 3.17. The minimum Gasteiger partial charge on any atom is -0.0617 e. The maximum absolute atomic E-state index is 2.41. The van der Waals surface area contributed by atoms with Crippen molar-refractivity contribution in [3.05, 3.63) is 35.4 Å². The topological polar surface area (TPSA) is 0 Å². The predicted molar refractivity (Wildman–Crippen MR) is 57.0 cm³/mol. The van der Waals surface area contributed by atoms with Crippen LogP contribution < -0.4 is 0 Å². The summed E-state index contributed by atoms with van der Waals surface area (Å²) in [5.41, 5.74) is 3.42. The molecule has 0 saturated heterocycles. The molecule has 0 heteroatoms. The summed E-state index contributed by atoms with van der Waals surface area (Å²) in [6.45, 7) is 4.59. The number of aryl methyl sites for hydroxylation is 1. The average Bonchev–Trinajstić information content (AvgIpc) is 2.54. The van der Waals surface area contributed by atoms with Crippen LogP contribution in [0, 0.1) is 6.92 Å². The molecule has 0 aromatic heterocycles. The molecule has 13 heavy (non-hydrogen) atoms. The highest BCUT2D eigenvalue weighted by Gasteiger charge is 2.30. The van der Waals surface area contributed by atoms with Gasteiger partial charge in [0, 0.05) is 0 Å². The SMILES string of the molecule is Cc1cccc(C2(C)CCCC2)c1. The van der Waals surface area contributed by atoms with Crippen molar-refractivity contribution in [1.29, 1.82) is 0 Å². The van der Waals surface area contributed by atoms with Crippen molar-refractivity contribution in [2.24, 2.45) is 0 Å². The van der Waals surface area contributed by atoms with Gasteiger partial charge in [-0.2, -0.15) is 0 Å². The van der Waals surface area contributed by atoms with E-state index in [0.717, 1.165) is 0 Å². The van der Waals surface area contributed by atoms with Gasteiger partial charge in [0.25, 0.3) is 0 Å². The highest BCUT2D eigenvalue weighted by atomic mass is 14.3. The van der Waals surface area contributed by atoms with Gasteiger partial charge in [-0.25, -0.2) is 0 Å². The van der Waals surface area contributed by atoms with Crippen molar-refractivity contribution >= 4 is 0 Å². The quantitative estimate of drug-likeness (QED) is 0.607. The zero-order chi connectivity index (χ0) is 9.31. The van der Waals surface area contributed by atoms with Gasteiger partial charge in [-0.1, -0.05) is 49.6 Å². The van der Waals surface area contributed by atoms with Crippen LogP contribution >= 0.6 is 0 Å². The van der Waals surface area contributed by atoms with Crippen LogP contribution in [0.3, 0.4) is 0 Å². The summed E-state index contributed by atoms with van der Waals surface area (Å²) in [4.78, 5) is 0. The van der Waals surface area contributed by atoms with E-state index in [9.17, 15) is 0 Å². The van der Waals surface area contributed by atoms with E-state index in [1.165, 1.54) is 31.2 Å².